The summed E-state index contributed by atoms with van der Waals surface area (Å²) in [6.07, 6.45) is 0.664. The number of morpholine rings is 1. The van der Waals surface area contributed by atoms with Crippen LogP contribution in [0.2, 0.25) is 0 Å². The molecule has 3 heterocycles. The zero-order valence-electron chi connectivity index (χ0n) is 24.0. The number of benzene rings is 3. The number of furan rings is 1. The molecule has 9 nitrogen and oxygen atoms in total. The summed E-state index contributed by atoms with van der Waals surface area (Å²) >= 11 is 0. The van der Waals surface area contributed by atoms with Gasteiger partial charge in [-0.2, -0.15) is 0 Å². The van der Waals surface area contributed by atoms with E-state index in [0.717, 1.165) is 30.6 Å². The van der Waals surface area contributed by atoms with E-state index in [1.807, 2.05) is 48.5 Å². The Morgan fingerprint density at radius 1 is 0.953 bits per heavy atom. The van der Waals surface area contributed by atoms with E-state index in [2.05, 4.69) is 4.90 Å². The van der Waals surface area contributed by atoms with Gasteiger partial charge in [0.2, 0.25) is 5.78 Å². The number of amides is 1. The number of hydrogen-bond acceptors (Lipinski definition) is 8. The van der Waals surface area contributed by atoms with E-state index in [-0.39, 0.29) is 11.3 Å². The van der Waals surface area contributed by atoms with Gasteiger partial charge in [-0.05, 0) is 41.8 Å². The van der Waals surface area contributed by atoms with E-state index in [4.69, 9.17) is 18.6 Å². The summed E-state index contributed by atoms with van der Waals surface area (Å²) in [4.78, 5) is 31.3. The second kappa shape index (κ2) is 12.7. The van der Waals surface area contributed by atoms with Crippen molar-refractivity contribution in [1.29, 1.82) is 0 Å². The minimum absolute atomic E-state index is 0.0181. The highest BCUT2D eigenvalue weighted by molar-refractivity contribution is 6.16. The zero-order valence-corrected chi connectivity index (χ0v) is 24.0. The number of methoxy groups -OCH3 is 1. The predicted octanol–water partition coefficient (Wildman–Crippen LogP) is 5.32. The molecule has 6 rings (SSSR count). The average Bonchev–Trinajstić information content (AvgIpc) is 3.59. The largest absolute Gasteiger partial charge is 0.503 e. The SMILES string of the molecule is COc1cc([C@H]2C(C(=O)c3cc4ccccc4o3)=C(O)C(=O)N2CCCN2CCOCC2)ccc1OCc1ccccc1. The molecule has 1 N–H and O–H groups in total. The summed E-state index contributed by atoms with van der Waals surface area (Å²) in [5.74, 6) is -0.649. The first kappa shape index (κ1) is 28.5. The minimum Gasteiger partial charge on any atom is -0.503 e. The van der Waals surface area contributed by atoms with Gasteiger partial charge in [0, 0.05) is 31.6 Å². The number of aliphatic hydroxyl groups is 1. The van der Waals surface area contributed by atoms with Crippen LogP contribution in [0.15, 0.2) is 94.6 Å². The lowest BCUT2D eigenvalue weighted by Crippen LogP contribution is -2.39. The topological polar surface area (TPSA) is 102 Å². The number of fused-ring (bicyclic) bond motifs is 1. The fourth-order valence-corrected chi connectivity index (χ4v) is 5.69. The van der Waals surface area contributed by atoms with Gasteiger partial charge in [-0.1, -0.05) is 54.6 Å². The maximum absolute atomic E-state index is 13.9. The number of carbonyl (C=O) groups is 2. The van der Waals surface area contributed by atoms with Crippen LogP contribution in [0.4, 0.5) is 0 Å². The number of ketones is 1. The standard InChI is InChI=1S/C34H34N2O7/c1-40-28-21-25(12-13-27(28)42-22-23-8-3-2-4-9-23)31-30(32(37)29-20-24-10-5-6-11-26(24)43-29)33(38)34(39)36(31)15-7-14-35-16-18-41-19-17-35/h2-6,8-13,20-21,31,38H,7,14-19,22H2,1H3/t31-/m0/s1. The first-order chi connectivity index (χ1) is 21.0. The molecular formula is C34H34N2O7. The van der Waals surface area contributed by atoms with Crippen LogP contribution in [-0.4, -0.2) is 73.1 Å². The zero-order chi connectivity index (χ0) is 29.8. The summed E-state index contributed by atoms with van der Waals surface area (Å²) in [7, 11) is 1.54. The quantitative estimate of drug-likeness (QED) is 0.237. The summed E-state index contributed by atoms with van der Waals surface area (Å²) in [6.45, 7) is 4.49. The second-order valence-electron chi connectivity index (χ2n) is 10.6. The van der Waals surface area contributed by atoms with Crippen molar-refractivity contribution < 1.29 is 33.3 Å². The highest BCUT2D eigenvalue weighted by Gasteiger charge is 2.44. The van der Waals surface area contributed by atoms with Crippen LogP contribution in [0.1, 0.15) is 34.1 Å². The maximum Gasteiger partial charge on any atom is 0.290 e. The van der Waals surface area contributed by atoms with Crippen molar-refractivity contribution >= 4 is 22.7 Å². The molecule has 1 fully saturated rings. The Kier molecular flexibility index (Phi) is 8.44. The summed E-state index contributed by atoms with van der Waals surface area (Å²) in [5, 5.41) is 11.9. The van der Waals surface area contributed by atoms with Crippen LogP contribution >= 0.6 is 0 Å². The summed E-state index contributed by atoms with van der Waals surface area (Å²) in [5.41, 5.74) is 2.16. The highest BCUT2D eigenvalue weighted by Crippen LogP contribution is 2.42. The van der Waals surface area contributed by atoms with E-state index < -0.39 is 23.5 Å². The van der Waals surface area contributed by atoms with Crippen LogP contribution in [0.3, 0.4) is 0 Å². The number of rotatable bonds is 11. The molecule has 0 unspecified atom stereocenters. The Bertz CT molecular complexity index is 1610. The Balaban J connectivity index is 1.31. The highest BCUT2D eigenvalue weighted by atomic mass is 16.5. The van der Waals surface area contributed by atoms with Crippen LogP contribution in [0, 0.1) is 0 Å². The molecule has 0 radical (unpaired) electrons. The second-order valence-corrected chi connectivity index (χ2v) is 10.6. The Morgan fingerprint density at radius 3 is 2.49 bits per heavy atom. The van der Waals surface area contributed by atoms with Crippen molar-refractivity contribution in [2.45, 2.75) is 19.1 Å². The number of ether oxygens (including phenoxy) is 3. The van der Waals surface area contributed by atoms with Gasteiger partial charge in [-0.25, -0.2) is 0 Å². The van der Waals surface area contributed by atoms with E-state index in [9.17, 15) is 14.7 Å². The lowest BCUT2D eigenvalue weighted by molar-refractivity contribution is -0.129. The molecule has 43 heavy (non-hydrogen) atoms. The summed E-state index contributed by atoms with van der Waals surface area (Å²) < 4.78 is 23.0. The van der Waals surface area contributed by atoms with Crippen LogP contribution < -0.4 is 9.47 Å². The molecular weight excluding hydrogens is 548 g/mol. The molecule has 1 aromatic heterocycles. The molecule has 9 heteroatoms. The normalized spacial score (nSPS) is 17.6. The molecule has 0 bridgehead atoms. The molecule has 2 aliphatic heterocycles. The third-order valence-electron chi connectivity index (χ3n) is 7.92. The van der Waals surface area contributed by atoms with Crippen molar-refractivity contribution in [3.63, 3.8) is 0 Å². The molecule has 1 saturated heterocycles. The third-order valence-corrected chi connectivity index (χ3v) is 7.92. The van der Waals surface area contributed by atoms with Crippen molar-refractivity contribution in [1.82, 2.24) is 9.80 Å². The van der Waals surface area contributed by atoms with Gasteiger partial charge in [0.15, 0.2) is 23.0 Å². The fourth-order valence-electron chi connectivity index (χ4n) is 5.69. The van der Waals surface area contributed by atoms with Crippen molar-refractivity contribution in [2.24, 2.45) is 0 Å². The first-order valence-corrected chi connectivity index (χ1v) is 14.5. The van der Waals surface area contributed by atoms with Gasteiger partial charge >= 0.3 is 0 Å². The van der Waals surface area contributed by atoms with Crippen LogP contribution in [0.5, 0.6) is 11.5 Å². The molecule has 3 aromatic carbocycles. The number of para-hydroxylation sites is 1. The fraction of sp³-hybridized carbons (Fsp3) is 0.294. The third kappa shape index (κ3) is 6.00. The molecule has 0 saturated carbocycles. The Morgan fingerprint density at radius 2 is 1.72 bits per heavy atom. The van der Waals surface area contributed by atoms with Crippen LogP contribution in [0.25, 0.3) is 11.0 Å². The van der Waals surface area contributed by atoms with Gasteiger partial charge in [0.05, 0.1) is 31.9 Å². The van der Waals surface area contributed by atoms with E-state index in [1.165, 1.54) is 0 Å². The maximum atomic E-state index is 13.9. The molecule has 0 aliphatic carbocycles. The Hall–Kier alpha value is -4.60. The molecule has 4 aromatic rings. The molecule has 1 atom stereocenters. The monoisotopic (exact) mass is 582 g/mol. The molecule has 1 amide bonds. The van der Waals surface area contributed by atoms with Gasteiger partial charge in [0.25, 0.3) is 5.91 Å². The smallest absolute Gasteiger partial charge is 0.290 e. The van der Waals surface area contributed by atoms with Crippen molar-refractivity contribution in [3.05, 3.63) is 107 Å². The van der Waals surface area contributed by atoms with E-state index in [1.54, 1.807) is 42.3 Å². The molecule has 0 spiro atoms. The van der Waals surface area contributed by atoms with Gasteiger partial charge in [-0.3, -0.25) is 14.5 Å². The van der Waals surface area contributed by atoms with Gasteiger partial charge in [-0.15, -0.1) is 0 Å². The number of Topliss-reactive ketones (excluding diaryl/α,β-unsaturated/α-hetero) is 1. The number of nitrogens with zero attached hydrogens (tertiary/aromatic N) is 2. The lowest BCUT2D eigenvalue weighted by Gasteiger charge is -2.30. The van der Waals surface area contributed by atoms with E-state index >= 15 is 0 Å². The Labute approximate surface area is 249 Å². The van der Waals surface area contributed by atoms with E-state index in [0.29, 0.717) is 55.4 Å². The van der Waals surface area contributed by atoms with Crippen molar-refractivity contribution in [2.75, 3.05) is 46.5 Å². The average molecular weight is 583 g/mol. The lowest BCUT2D eigenvalue weighted by atomic mass is 9.94. The number of hydrogen-bond donors (Lipinski definition) is 1. The van der Waals surface area contributed by atoms with Gasteiger partial charge < -0.3 is 28.6 Å². The number of carbonyl (C=O) groups excluding carboxylic acids is 2. The predicted molar refractivity (Wildman–Crippen MR) is 160 cm³/mol. The van der Waals surface area contributed by atoms with Crippen LogP contribution in [-0.2, 0) is 16.1 Å². The molecule has 2 aliphatic rings. The minimum atomic E-state index is -0.838. The summed E-state index contributed by atoms with van der Waals surface area (Å²) in [6, 6.07) is 23.2. The van der Waals surface area contributed by atoms with Gasteiger partial charge in [0.1, 0.15) is 12.2 Å². The number of aliphatic hydroxyl groups excluding tert-OH is 1. The first-order valence-electron chi connectivity index (χ1n) is 14.5. The van der Waals surface area contributed by atoms with Crippen molar-refractivity contribution in [3.8, 4) is 11.5 Å². The molecule has 222 valence electrons.